The summed E-state index contributed by atoms with van der Waals surface area (Å²) in [6, 6.07) is 8.46. The molecular formula is C20H30N4OS. The van der Waals surface area contributed by atoms with Crippen LogP contribution < -0.4 is 4.90 Å². The van der Waals surface area contributed by atoms with Crippen molar-refractivity contribution in [2.75, 3.05) is 23.7 Å². The lowest BCUT2D eigenvalue weighted by atomic mass is 9.92. The second kappa shape index (κ2) is 8.71. The van der Waals surface area contributed by atoms with Gasteiger partial charge in [0.2, 0.25) is 0 Å². The molecule has 0 spiro atoms. The fourth-order valence-corrected chi connectivity index (χ4v) is 3.81. The topological polar surface area (TPSA) is 51.0 Å². The Morgan fingerprint density at radius 1 is 1.08 bits per heavy atom. The van der Waals surface area contributed by atoms with Crippen LogP contribution in [-0.4, -0.2) is 39.4 Å². The highest BCUT2D eigenvalue weighted by atomic mass is 32.2. The third kappa shape index (κ3) is 4.67. The number of rotatable bonds is 8. The van der Waals surface area contributed by atoms with Crippen LogP contribution in [0.1, 0.15) is 41.5 Å². The van der Waals surface area contributed by atoms with Gasteiger partial charge < -0.3 is 9.47 Å². The molecule has 0 aliphatic carbocycles. The molecule has 0 unspecified atom stereocenters. The Morgan fingerprint density at radius 2 is 1.69 bits per heavy atom. The average Bonchev–Trinajstić information content (AvgIpc) is 3.03. The lowest BCUT2D eigenvalue weighted by Gasteiger charge is -2.21. The van der Waals surface area contributed by atoms with E-state index in [1.807, 2.05) is 20.8 Å². The Hall–Kier alpha value is -1.82. The van der Waals surface area contributed by atoms with Crippen LogP contribution in [0.2, 0.25) is 0 Å². The van der Waals surface area contributed by atoms with Gasteiger partial charge in [0.25, 0.3) is 0 Å². The number of hydrogen-bond donors (Lipinski definition) is 0. The summed E-state index contributed by atoms with van der Waals surface area (Å²) >= 11 is 1.47. The third-order valence-corrected chi connectivity index (χ3v) is 5.42. The molecule has 0 saturated carbocycles. The standard InChI is InChI=1S/C20H30N4OS/c1-7-23(8-2)16-12-10-15(11-13-16)18-21-22-19(24(18)9-3)26-14-17(25)20(4,5)6/h10-13H,7-9,14H2,1-6H3. The zero-order valence-corrected chi connectivity index (χ0v) is 17.6. The van der Waals surface area contributed by atoms with Crippen LogP contribution in [0.15, 0.2) is 29.4 Å². The molecule has 0 aliphatic heterocycles. The van der Waals surface area contributed by atoms with Crippen LogP contribution in [0.4, 0.5) is 5.69 Å². The van der Waals surface area contributed by atoms with E-state index in [1.165, 1.54) is 17.4 Å². The third-order valence-electron chi connectivity index (χ3n) is 4.46. The minimum absolute atomic E-state index is 0.221. The molecule has 26 heavy (non-hydrogen) atoms. The highest BCUT2D eigenvalue weighted by Crippen LogP contribution is 2.27. The second-order valence-electron chi connectivity index (χ2n) is 7.23. The van der Waals surface area contributed by atoms with Crippen molar-refractivity contribution in [3.05, 3.63) is 24.3 Å². The number of ketones is 1. The first-order valence-corrected chi connectivity index (χ1v) is 10.2. The summed E-state index contributed by atoms with van der Waals surface area (Å²) in [7, 11) is 0. The fourth-order valence-electron chi connectivity index (χ4n) is 2.65. The zero-order chi connectivity index (χ0) is 19.3. The summed E-state index contributed by atoms with van der Waals surface area (Å²) in [6.45, 7) is 15.0. The molecular weight excluding hydrogens is 344 g/mol. The fraction of sp³-hybridized carbons (Fsp3) is 0.550. The number of carbonyl (C=O) groups excluding carboxylic acids is 1. The quantitative estimate of drug-likeness (QED) is 0.636. The van der Waals surface area contributed by atoms with E-state index in [1.54, 1.807) is 0 Å². The molecule has 0 saturated heterocycles. The van der Waals surface area contributed by atoms with Crippen LogP contribution in [-0.2, 0) is 11.3 Å². The molecule has 2 rings (SSSR count). The summed E-state index contributed by atoms with van der Waals surface area (Å²) < 4.78 is 2.08. The monoisotopic (exact) mass is 374 g/mol. The minimum atomic E-state index is -0.326. The van der Waals surface area contributed by atoms with E-state index in [0.29, 0.717) is 5.75 Å². The van der Waals surface area contributed by atoms with E-state index in [4.69, 9.17) is 0 Å². The van der Waals surface area contributed by atoms with Crippen LogP contribution >= 0.6 is 11.8 Å². The molecule has 142 valence electrons. The predicted molar refractivity (Wildman–Crippen MR) is 110 cm³/mol. The van der Waals surface area contributed by atoms with Crippen molar-refractivity contribution < 1.29 is 4.79 Å². The lowest BCUT2D eigenvalue weighted by molar-refractivity contribution is -0.123. The molecule has 5 nitrogen and oxygen atoms in total. The van der Waals surface area contributed by atoms with Gasteiger partial charge in [-0.25, -0.2) is 0 Å². The van der Waals surface area contributed by atoms with Gasteiger partial charge in [-0.3, -0.25) is 4.79 Å². The van der Waals surface area contributed by atoms with Gasteiger partial charge in [-0.05, 0) is 45.0 Å². The summed E-state index contributed by atoms with van der Waals surface area (Å²) in [4.78, 5) is 14.5. The van der Waals surface area contributed by atoms with Gasteiger partial charge in [-0.2, -0.15) is 0 Å². The van der Waals surface area contributed by atoms with Gasteiger partial charge in [0, 0.05) is 36.3 Å². The molecule has 1 aromatic carbocycles. The SMILES string of the molecule is CCN(CC)c1ccc(-c2nnc(SCC(=O)C(C)(C)C)n2CC)cc1. The predicted octanol–water partition coefficient (Wildman–Crippen LogP) is 4.52. The number of anilines is 1. The van der Waals surface area contributed by atoms with Crippen LogP contribution in [0.25, 0.3) is 11.4 Å². The van der Waals surface area contributed by atoms with Crippen molar-refractivity contribution in [1.29, 1.82) is 0 Å². The van der Waals surface area contributed by atoms with Crippen LogP contribution in [0, 0.1) is 5.41 Å². The Kier molecular flexibility index (Phi) is 6.87. The normalized spacial score (nSPS) is 11.6. The van der Waals surface area contributed by atoms with Crippen molar-refractivity contribution >= 4 is 23.2 Å². The smallest absolute Gasteiger partial charge is 0.191 e. The first-order chi connectivity index (χ1) is 12.3. The number of aromatic nitrogens is 3. The number of hydrogen-bond acceptors (Lipinski definition) is 5. The maximum Gasteiger partial charge on any atom is 0.191 e. The maximum atomic E-state index is 12.2. The number of carbonyl (C=O) groups is 1. The maximum absolute atomic E-state index is 12.2. The summed E-state index contributed by atoms with van der Waals surface area (Å²) in [6.07, 6.45) is 0. The van der Waals surface area contributed by atoms with Gasteiger partial charge in [0.1, 0.15) is 5.78 Å². The van der Waals surface area contributed by atoms with Crippen molar-refractivity contribution in [2.45, 2.75) is 53.2 Å². The zero-order valence-electron chi connectivity index (χ0n) is 16.7. The van der Waals surface area contributed by atoms with Gasteiger partial charge in [0.15, 0.2) is 11.0 Å². The highest BCUT2D eigenvalue weighted by molar-refractivity contribution is 7.99. The molecule has 0 N–H and O–H groups in total. The second-order valence-corrected chi connectivity index (χ2v) is 8.17. The van der Waals surface area contributed by atoms with E-state index in [9.17, 15) is 4.79 Å². The minimum Gasteiger partial charge on any atom is -0.372 e. The number of thioether (sulfide) groups is 1. The van der Waals surface area contributed by atoms with Crippen molar-refractivity contribution in [3.8, 4) is 11.4 Å². The molecule has 1 heterocycles. The summed E-state index contributed by atoms with van der Waals surface area (Å²) in [5, 5.41) is 9.50. The molecule has 1 aromatic heterocycles. The van der Waals surface area contributed by atoms with Crippen LogP contribution in [0.3, 0.4) is 0 Å². The molecule has 0 aliphatic rings. The molecule has 0 atom stereocenters. The molecule has 0 fully saturated rings. The van der Waals surface area contributed by atoms with Crippen molar-refractivity contribution in [1.82, 2.24) is 14.8 Å². The Labute approximate surface area is 161 Å². The van der Waals surface area contributed by atoms with Gasteiger partial charge in [-0.1, -0.05) is 32.5 Å². The number of benzene rings is 1. The lowest BCUT2D eigenvalue weighted by Crippen LogP contribution is -2.22. The van der Waals surface area contributed by atoms with Gasteiger partial charge >= 0.3 is 0 Å². The van der Waals surface area contributed by atoms with E-state index in [2.05, 4.69) is 64.7 Å². The van der Waals surface area contributed by atoms with Gasteiger partial charge in [-0.15, -0.1) is 10.2 Å². The van der Waals surface area contributed by atoms with Crippen molar-refractivity contribution in [2.24, 2.45) is 5.41 Å². The van der Waals surface area contributed by atoms with E-state index in [-0.39, 0.29) is 11.2 Å². The number of Topliss-reactive ketones (excluding diaryl/α,β-unsaturated/α-hetero) is 1. The first kappa shape index (κ1) is 20.5. The number of nitrogens with zero attached hydrogens (tertiary/aromatic N) is 4. The van der Waals surface area contributed by atoms with Crippen molar-refractivity contribution in [3.63, 3.8) is 0 Å². The molecule has 0 bridgehead atoms. The first-order valence-electron chi connectivity index (χ1n) is 9.26. The van der Waals surface area contributed by atoms with Gasteiger partial charge in [0.05, 0.1) is 5.75 Å². The van der Waals surface area contributed by atoms with Crippen LogP contribution in [0.5, 0.6) is 0 Å². The Balaban J connectivity index is 2.20. The van der Waals surface area contributed by atoms with E-state index < -0.39 is 0 Å². The summed E-state index contributed by atoms with van der Waals surface area (Å²) in [5.74, 6) is 1.49. The molecule has 6 heteroatoms. The Morgan fingerprint density at radius 3 is 2.19 bits per heavy atom. The molecule has 2 aromatic rings. The summed E-state index contributed by atoms with van der Waals surface area (Å²) in [5.41, 5.74) is 1.93. The van der Waals surface area contributed by atoms with E-state index >= 15 is 0 Å². The Bertz CT molecular complexity index is 727. The highest BCUT2D eigenvalue weighted by Gasteiger charge is 2.22. The van der Waals surface area contributed by atoms with E-state index in [0.717, 1.165) is 36.2 Å². The molecule has 0 radical (unpaired) electrons. The average molecular weight is 375 g/mol. The molecule has 0 amide bonds. The largest absolute Gasteiger partial charge is 0.372 e.